The minimum Gasteiger partial charge on any atom is -0.353 e. The molecule has 0 fully saturated rings. The molecule has 6 nitrogen and oxygen atoms in total. The standard InChI is InChI=1S/C13H18N4O2/c1-8(2)14-13-15-10-6-5-7-11(17(18)19)12(10)16(13)9(3)4/h5-9H,1-4H3,(H,14,15). The van der Waals surface area contributed by atoms with E-state index in [1.807, 2.05) is 32.3 Å². The van der Waals surface area contributed by atoms with Gasteiger partial charge in [0, 0.05) is 18.2 Å². The normalized spacial score (nSPS) is 11.5. The van der Waals surface area contributed by atoms with E-state index >= 15 is 0 Å². The fourth-order valence-electron chi connectivity index (χ4n) is 2.14. The van der Waals surface area contributed by atoms with Crippen molar-refractivity contribution in [2.75, 3.05) is 5.32 Å². The Balaban J connectivity index is 2.75. The lowest BCUT2D eigenvalue weighted by atomic mass is 10.2. The number of fused-ring (bicyclic) bond motifs is 1. The second-order valence-electron chi connectivity index (χ2n) is 5.10. The van der Waals surface area contributed by atoms with Crippen LogP contribution in [0.1, 0.15) is 33.7 Å². The van der Waals surface area contributed by atoms with Crippen LogP contribution >= 0.6 is 0 Å². The van der Waals surface area contributed by atoms with E-state index in [0.29, 0.717) is 17.0 Å². The summed E-state index contributed by atoms with van der Waals surface area (Å²) < 4.78 is 1.88. The van der Waals surface area contributed by atoms with Crippen molar-refractivity contribution in [1.82, 2.24) is 9.55 Å². The monoisotopic (exact) mass is 262 g/mol. The Labute approximate surface area is 111 Å². The fourth-order valence-corrected chi connectivity index (χ4v) is 2.14. The van der Waals surface area contributed by atoms with Crippen LogP contribution in [-0.4, -0.2) is 20.5 Å². The van der Waals surface area contributed by atoms with Crippen LogP contribution in [0.4, 0.5) is 11.6 Å². The van der Waals surface area contributed by atoms with E-state index in [1.54, 1.807) is 12.1 Å². The van der Waals surface area contributed by atoms with Crippen LogP contribution in [0.2, 0.25) is 0 Å². The second-order valence-corrected chi connectivity index (χ2v) is 5.10. The van der Waals surface area contributed by atoms with Crippen molar-refractivity contribution in [3.05, 3.63) is 28.3 Å². The SMILES string of the molecule is CC(C)Nc1nc2cccc([N+](=O)[O-])c2n1C(C)C. The predicted molar refractivity (Wildman–Crippen MR) is 75.5 cm³/mol. The molecule has 0 radical (unpaired) electrons. The fraction of sp³-hybridized carbons (Fsp3) is 0.462. The summed E-state index contributed by atoms with van der Waals surface area (Å²) in [5, 5.41) is 14.4. The van der Waals surface area contributed by atoms with Crippen molar-refractivity contribution in [1.29, 1.82) is 0 Å². The molecule has 0 saturated heterocycles. The molecule has 0 aliphatic heterocycles. The molecule has 0 aliphatic carbocycles. The lowest BCUT2D eigenvalue weighted by Crippen LogP contribution is -2.15. The highest BCUT2D eigenvalue weighted by molar-refractivity contribution is 5.87. The molecule has 0 aliphatic rings. The highest BCUT2D eigenvalue weighted by Crippen LogP contribution is 2.31. The van der Waals surface area contributed by atoms with Gasteiger partial charge in [0.15, 0.2) is 0 Å². The third kappa shape index (κ3) is 2.38. The van der Waals surface area contributed by atoms with Gasteiger partial charge >= 0.3 is 0 Å². The average Bonchev–Trinajstić information content (AvgIpc) is 2.64. The molecule has 2 aromatic rings. The number of aromatic nitrogens is 2. The molecule has 0 spiro atoms. The van der Waals surface area contributed by atoms with Gasteiger partial charge in [0.2, 0.25) is 5.95 Å². The van der Waals surface area contributed by atoms with Crippen molar-refractivity contribution in [3.8, 4) is 0 Å². The maximum absolute atomic E-state index is 11.2. The number of rotatable bonds is 4. The van der Waals surface area contributed by atoms with Crippen molar-refractivity contribution < 1.29 is 4.92 Å². The number of non-ortho nitro benzene ring substituents is 1. The number of nitro groups is 1. The van der Waals surface area contributed by atoms with Gasteiger partial charge in [0.25, 0.3) is 5.69 Å². The molecule has 0 saturated carbocycles. The minimum absolute atomic E-state index is 0.0901. The van der Waals surface area contributed by atoms with Crippen molar-refractivity contribution in [2.24, 2.45) is 0 Å². The topological polar surface area (TPSA) is 73.0 Å². The van der Waals surface area contributed by atoms with E-state index in [4.69, 9.17) is 0 Å². The smallest absolute Gasteiger partial charge is 0.295 e. The quantitative estimate of drug-likeness (QED) is 0.677. The molecule has 102 valence electrons. The highest BCUT2D eigenvalue weighted by Gasteiger charge is 2.22. The Bertz CT molecular complexity index is 616. The Morgan fingerprint density at radius 1 is 1.32 bits per heavy atom. The van der Waals surface area contributed by atoms with Gasteiger partial charge in [0.05, 0.1) is 10.4 Å². The first-order chi connectivity index (χ1) is 8.91. The molecular formula is C13H18N4O2. The number of nitrogens with zero attached hydrogens (tertiary/aromatic N) is 3. The van der Waals surface area contributed by atoms with Gasteiger partial charge in [-0.1, -0.05) is 6.07 Å². The number of nitrogens with one attached hydrogen (secondary N) is 1. The number of hydrogen-bond donors (Lipinski definition) is 1. The molecule has 2 rings (SSSR count). The van der Waals surface area contributed by atoms with Crippen LogP contribution in [0.5, 0.6) is 0 Å². The maximum Gasteiger partial charge on any atom is 0.295 e. The van der Waals surface area contributed by atoms with Gasteiger partial charge in [-0.2, -0.15) is 0 Å². The van der Waals surface area contributed by atoms with Crippen molar-refractivity contribution in [3.63, 3.8) is 0 Å². The zero-order chi connectivity index (χ0) is 14.2. The highest BCUT2D eigenvalue weighted by atomic mass is 16.6. The van der Waals surface area contributed by atoms with Crippen molar-refractivity contribution >= 4 is 22.7 Å². The van der Waals surface area contributed by atoms with Gasteiger partial charge in [-0.05, 0) is 33.8 Å². The van der Waals surface area contributed by atoms with Gasteiger partial charge in [-0.3, -0.25) is 10.1 Å². The summed E-state index contributed by atoms with van der Waals surface area (Å²) in [7, 11) is 0. The van der Waals surface area contributed by atoms with E-state index < -0.39 is 0 Å². The summed E-state index contributed by atoms with van der Waals surface area (Å²) in [6.45, 7) is 8.00. The van der Waals surface area contributed by atoms with Crippen LogP contribution in [0.25, 0.3) is 11.0 Å². The third-order valence-electron chi connectivity index (χ3n) is 2.82. The summed E-state index contributed by atoms with van der Waals surface area (Å²) >= 11 is 0. The minimum atomic E-state index is -0.359. The van der Waals surface area contributed by atoms with E-state index in [2.05, 4.69) is 10.3 Å². The molecule has 1 N–H and O–H groups in total. The molecule has 0 bridgehead atoms. The number of para-hydroxylation sites is 1. The number of nitro benzene ring substituents is 1. The van der Waals surface area contributed by atoms with E-state index in [9.17, 15) is 10.1 Å². The number of hydrogen-bond acceptors (Lipinski definition) is 4. The van der Waals surface area contributed by atoms with Crippen LogP contribution < -0.4 is 5.32 Å². The van der Waals surface area contributed by atoms with Crippen LogP contribution in [0, 0.1) is 10.1 Å². The zero-order valence-corrected chi connectivity index (χ0v) is 11.5. The Hall–Kier alpha value is -2.11. The molecule has 19 heavy (non-hydrogen) atoms. The molecule has 0 unspecified atom stereocenters. The summed E-state index contributed by atoms with van der Waals surface area (Å²) in [6.07, 6.45) is 0. The van der Waals surface area contributed by atoms with Gasteiger partial charge < -0.3 is 9.88 Å². The summed E-state index contributed by atoms with van der Waals surface area (Å²) in [5.41, 5.74) is 1.31. The third-order valence-corrected chi connectivity index (χ3v) is 2.82. The first kappa shape index (κ1) is 13.3. The Kier molecular flexibility index (Phi) is 3.42. The van der Waals surface area contributed by atoms with Gasteiger partial charge in [0.1, 0.15) is 5.52 Å². The van der Waals surface area contributed by atoms with Gasteiger partial charge in [-0.25, -0.2) is 4.98 Å². The molecule has 0 amide bonds. The first-order valence-electron chi connectivity index (χ1n) is 6.33. The molecule has 0 atom stereocenters. The second kappa shape index (κ2) is 4.87. The molecule has 6 heteroatoms. The van der Waals surface area contributed by atoms with Crippen LogP contribution in [-0.2, 0) is 0 Å². The summed E-state index contributed by atoms with van der Waals surface area (Å²) in [5.74, 6) is 0.675. The number of imidazole rings is 1. The largest absolute Gasteiger partial charge is 0.353 e. The number of anilines is 1. The van der Waals surface area contributed by atoms with E-state index in [0.717, 1.165) is 0 Å². The lowest BCUT2D eigenvalue weighted by molar-refractivity contribution is -0.383. The lowest BCUT2D eigenvalue weighted by Gasteiger charge is -2.15. The maximum atomic E-state index is 11.2. The molecule has 1 heterocycles. The predicted octanol–water partition coefficient (Wildman–Crippen LogP) is 3.35. The Morgan fingerprint density at radius 3 is 2.53 bits per heavy atom. The molecular weight excluding hydrogens is 244 g/mol. The van der Waals surface area contributed by atoms with E-state index in [1.165, 1.54) is 6.07 Å². The summed E-state index contributed by atoms with van der Waals surface area (Å²) in [4.78, 5) is 15.3. The first-order valence-corrected chi connectivity index (χ1v) is 6.33. The number of benzene rings is 1. The van der Waals surface area contributed by atoms with Gasteiger partial charge in [-0.15, -0.1) is 0 Å². The summed E-state index contributed by atoms with van der Waals surface area (Å²) in [6, 6.07) is 5.28. The molecule has 1 aromatic carbocycles. The van der Waals surface area contributed by atoms with E-state index in [-0.39, 0.29) is 22.7 Å². The molecule has 1 aromatic heterocycles. The zero-order valence-electron chi connectivity index (χ0n) is 11.5. The van der Waals surface area contributed by atoms with Crippen LogP contribution in [0.3, 0.4) is 0 Å². The van der Waals surface area contributed by atoms with Crippen LogP contribution in [0.15, 0.2) is 18.2 Å². The average molecular weight is 262 g/mol. The Morgan fingerprint density at radius 2 is 2.00 bits per heavy atom. The van der Waals surface area contributed by atoms with Crippen molar-refractivity contribution in [2.45, 2.75) is 39.8 Å².